The number of aryl methyl sites for hydroxylation is 1. The minimum atomic E-state index is -0.628. The highest BCUT2D eigenvalue weighted by molar-refractivity contribution is 9.10. The quantitative estimate of drug-likeness (QED) is 0.624. The fourth-order valence-corrected chi connectivity index (χ4v) is 3.54. The Morgan fingerprint density at radius 3 is 2.62 bits per heavy atom. The monoisotopic (exact) mass is 454 g/mol. The van der Waals surface area contributed by atoms with Gasteiger partial charge in [0.2, 0.25) is 5.91 Å². The molecule has 0 saturated carbocycles. The summed E-state index contributed by atoms with van der Waals surface area (Å²) < 4.78 is 0.690. The summed E-state index contributed by atoms with van der Waals surface area (Å²) in [5, 5.41) is 6.34. The normalized spacial score (nSPS) is 11.7. The van der Waals surface area contributed by atoms with Crippen molar-refractivity contribution in [1.82, 2.24) is 5.32 Å². The highest BCUT2D eigenvalue weighted by Crippen LogP contribution is 2.20. The largest absolute Gasteiger partial charge is 0.340 e. The summed E-state index contributed by atoms with van der Waals surface area (Å²) in [6.07, 6.45) is 2.50. The number of halogens is 2. The number of rotatable bonds is 7. The molecule has 7 heteroatoms. The third-order valence-electron chi connectivity index (χ3n) is 3.80. The van der Waals surface area contributed by atoms with Gasteiger partial charge in [-0.15, -0.1) is 0 Å². The van der Waals surface area contributed by atoms with Gasteiger partial charge >= 0.3 is 0 Å². The van der Waals surface area contributed by atoms with Crippen molar-refractivity contribution in [2.24, 2.45) is 0 Å². The Hall–Kier alpha value is -1.50. The van der Waals surface area contributed by atoms with Gasteiger partial charge < -0.3 is 10.6 Å². The van der Waals surface area contributed by atoms with Crippen LogP contribution in [0.3, 0.4) is 0 Å². The number of hydrogen-bond donors (Lipinski definition) is 2. The number of nitrogens with one attached hydrogen (secondary N) is 2. The zero-order valence-corrected chi connectivity index (χ0v) is 17.7. The van der Waals surface area contributed by atoms with Gasteiger partial charge in [-0.05, 0) is 77.2 Å². The van der Waals surface area contributed by atoms with E-state index in [9.17, 15) is 9.59 Å². The van der Waals surface area contributed by atoms with Gasteiger partial charge in [0.1, 0.15) is 6.04 Å². The van der Waals surface area contributed by atoms with Crippen molar-refractivity contribution in [3.63, 3.8) is 0 Å². The van der Waals surface area contributed by atoms with E-state index >= 15 is 0 Å². The molecular formula is C19H20BrClN2O2S. The molecule has 1 atom stereocenters. The average molecular weight is 456 g/mol. The molecule has 0 saturated heterocycles. The molecule has 138 valence electrons. The molecule has 2 N–H and O–H groups in total. The molecule has 1 unspecified atom stereocenters. The van der Waals surface area contributed by atoms with Crippen LogP contribution in [0.1, 0.15) is 22.3 Å². The predicted octanol–water partition coefficient (Wildman–Crippen LogP) is 4.90. The van der Waals surface area contributed by atoms with E-state index in [1.165, 1.54) is 0 Å². The van der Waals surface area contributed by atoms with Gasteiger partial charge in [-0.3, -0.25) is 9.59 Å². The molecule has 2 amide bonds. The van der Waals surface area contributed by atoms with Gasteiger partial charge in [-0.1, -0.05) is 23.7 Å². The first kappa shape index (κ1) is 20.8. The van der Waals surface area contributed by atoms with Crippen LogP contribution in [0.4, 0.5) is 5.69 Å². The average Bonchev–Trinajstić information content (AvgIpc) is 2.61. The van der Waals surface area contributed by atoms with Crippen LogP contribution >= 0.6 is 39.3 Å². The maximum absolute atomic E-state index is 12.7. The summed E-state index contributed by atoms with van der Waals surface area (Å²) in [7, 11) is 0. The molecule has 2 aromatic rings. The molecule has 0 aliphatic rings. The molecule has 0 aliphatic carbocycles. The van der Waals surface area contributed by atoms with Crippen molar-refractivity contribution in [3.8, 4) is 0 Å². The topological polar surface area (TPSA) is 58.2 Å². The first-order valence-corrected chi connectivity index (χ1v) is 10.6. The van der Waals surface area contributed by atoms with Crippen LogP contribution in [0.5, 0.6) is 0 Å². The van der Waals surface area contributed by atoms with Crippen molar-refractivity contribution in [2.75, 3.05) is 17.3 Å². The van der Waals surface area contributed by atoms with E-state index in [1.807, 2.05) is 19.2 Å². The summed E-state index contributed by atoms with van der Waals surface area (Å²) in [5.41, 5.74) is 2.05. The van der Waals surface area contributed by atoms with Gasteiger partial charge in [-0.2, -0.15) is 11.8 Å². The molecule has 0 bridgehead atoms. The highest BCUT2D eigenvalue weighted by Gasteiger charge is 2.22. The minimum Gasteiger partial charge on any atom is -0.340 e. The Balaban J connectivity index is 2.14. The number of carbonyl (C=O) groups excluding carboxylic acids is 2. The van der Waals surface area contributed by atoms with Crippen molar-refractivity contribution in [1.29, 1.82) is 0 Å². The van der Waals surface area contributed by atoms with E-state index in [0.29, 0.717) is 27.2 Å². The summed E-state index contributed by atoms with van der Waals surface area (Å²) in [6.45, 7) is 1.87. The van der Waals surface area contributed by atoms with Gasteiger partial charge in [-0.25, -0.2) is 0 Å². The lowest BCUT2D eigenvalue weighted by Gasteiger charge is -2.19. The highest BCUT2D eigenvalue weighted by atomic mass is 79.9. The lowest BCUT2D eigenvalue weighted by Crippen LogP contribution is -2.44. The van der Waals surface area contributed by atoms with Crippen molar-refractivity contribution in [3.05, 3.63) is 63.1 Å². The first-order valence-electron chi connectivity index (χ1n) is 8.03. The Kier molecular flexibility index (Phi) is 8.00. The number of carbonyl (C=O) groups is 2. The van der Waals surface area contributed by atoms with Crippen LogP contribution < -0.4 is 10.6 Å². The van der Waals surface area contributed by atoms with E-state index in [4.69, 9.17) is 11.6 Å². The van der Waals surface area contributed by atoms with E-state index in [0.717, 1.165) is 11.3 Å². The Morgan fingerprint density at radius 1 is 1.23 bits per heavy atom. The standard InChI is InChI=1S/C19H20BrClN2O2S/c1-12-11-13(21)7-8-16(12)22-19(25)17(9-10-26-2)23-18(24)14-5-3-4-6-15(14)20/h3-8,11,17H,9-10H2,1-2H3,(H,22,25)(H,23,24). The third-order valence-corrected chi connectivity index (χ3v) is 5.37. The summed E-state index contributed by atoms with van der Waals surface area (Å²) >= 11 is 11.0. The SMILES string of the molecule is CSCCC(NC(=O)c1ccccc1Br)C(=O)Nc1ccc(Cl)cc1C. The summed E-state index contributed by atoms with van der Waals surface area (Å²) in [4.78, 5) is 25.3. The molecule has 26 heavy (non-hydrogen) atoms. The second kappa shape index (κ2) is 10.00. The lowest BCUT2D eigenvalue weighted by atomic mass is 10.1. The van der Waals surface area contributed by atoms with E-state index in [2.05, 4.69) is 26.6 Å². The fraction of sp³-hybridized carbons (Fsp3) is 0.263. The number of hydrogen-bond acceptors (Lipinski definition) is 3. The molecular weight excluding hydrogens is 436 g/mol. The van der Waals surface area contributed by atoms with E-state index < -0.39 is 6.04 Å². The second-order valence-corrected chi connectivity index (χ2v) is 8.01. The van der Waals surface area contributed by atoms with Gasteiger partial charge in [0.05, 0.1) is 5.56 Å². The summed E-state index contributed by atoms with van der Waals surface area (Å²) in [5.74, 6) is 0.227. The van der Waals surface area contributed by atoms with Crippen LogP contribution in [0.15, 0.2) is 46.9 Å². The lowest BCUT2D eigenvalue weighted by molar-refractivity contribution is -0.118. The zero-order valence-electron chi connectivity index (χ0n) is 14.5. The molecule has 0 aliphatic heterocycles. The number of amides is 2. The molecule has 0 heterocycles. The molecule has 4 nitrogen and oxygen atoms in total. The molecule has 2 rings (SSSR count). The molecule has 2 aromatic carbocycles. The predicted molar refractivity (Wildman–Crippen MR) is 113 cm³/mol. The van der Waals surface area contributed by atoms with Crippen molar-refractivity contribution in [2.45, 2.75) is 19.4 Å². The molecule has 0 fully saturated rings. The second-order valence-electron chi connectivity index (χ2n) is 5.74. The maximum atomic E-state index is 12.7. The fourth-order valence-electron chi connectivity index (χ4n) is 2.37. The Bertz CT molecular complexity index is 801. The number of thioether (sulfide) groups is 1. The smallest absolute Gasteiger partial charge is 0.253 e. The zero-order chi connectivity index (χ0) is 19.1. The molecule has 0 aromatic heterocycles. The van der Waals surface area contributed by atoms with E-state index in [-0.39, 0.29) is 11.8 Å². The van der Waals surface area contributed by atoms with Gasteiger partial charge in [0, 0.05) is 15.2 Å². The van der Waals surface area contributed by atoms with Crippen LogP contribution in [-0.4, -0.2) is 29.9 Å². The number of anilines is 1. The van der Waals surface area contributed by atoms with Crippen molar-refractivity contribution < 1.29 is 9.59 Å². The van der Waals surface area contributed by atoms with Crippen LogP contribution in [-0.2, 0) is 4.79 Å². The molecule has 0 radical (unpaired) electrons. The van der Waals surface area contributed by atoms with E-state index in [1.54, 1.807) is 48.2 Å². The minimum absolute atomic E-state index is 0.245. The molecule has 0 spiro atoms. The number of benzene rings is 2. The van der Waals surface area contributed by atoms with Gasteiger partial charge in [0.15, 0.2) is 0 Å². The van der Waals surface area contributed by atoms with Crippen LogP contribution in [0.2, 0.25) is 5.02 Å². The van der Waals surface area contributed by atoms with Crippen LogP contribution in [0, 0.1) is 6.92 Å². The maximum Gasteiger partial charge on any atom is 0.253 e. The summed E-state index contributed by atoms with van der Waals surface area (Å²) in [6, 6.07) is 11.8. The Morgan fingerprint density at radius 2 is 1.96 bits per heavy atom. The van der Waals surface area contributed by atoms with Crippen LogP contribution in [0.25, 0.3) is 0 Å². The Labute approximate surface area is 171 Å². The van der Waals surface area contributed by atoms with Crippen molar-refractivity contribution >= 4 is 56.8 Å². The van der Waals surface area contributed by atoms with Gasteiger partial charge in [0.25, 0.3) is 5.91 Å². The third kappa shape index (κ3) is 5.76. The first-order chi connectivity index (χ1) is 12.4.